The van der Waals surface area contributed by atoms with Crippen LogP contribution in [0.15, 0.2) is 42.5 Å². The van der Waals surface area contributed by atoms with Crippen LogP contribution < -0.4 is 15.8 Å². The third-order valence-corrected chi connectivity index (χ3v) is 2.94. The number of rotatable bonds is 5. The summed E-state index contributed by atoms with van der Waals surface area (Å²) in [4.78, 5) is 23.5. The third kappa shape index (κ3) is 5.65. The van der Waals surface area contributed by atoms with Gasteiger partial charge in [0.15, 0.2) is 6.61 Å². The van der Waals surface area contributed by atoms with Crippen molar-refractivity contribution in [2.45, 2.75) is 6.36 Å². The molecule has 2 rings (SSSR count). The quantitative estimate of drug-likeness (QED) is 0.478. The summed E-state index contributed by atoms with van der Waals surface area (Å²) in [5.74, 6) is -2.74. The molecule has 0 atom stereocenters. The number of esters is 1. The fourth-order valence-corrected chi connectivity index (χ4v) is 1.87. The second kappa shape index (κ2) is 7.72. The van der Waals surface area contributed by atoms with Gasteiger partial charge in [-0.25, -0.2) is 9.18 Å². The first-order valence-corrected chi connectivity index (χ1v) is 7.02. The van der Waals surface area contributed by atoms with Crippen LogP contribution in [0.5, 0.6) is 5.75 Å². The fraction of sp³-hybridized carbons (Fsp3) is 0.125. The molecule has 10 heteroatoms. The molecule has 0 spiro atoms. The Morgan fingerprint density at radius 1 is 1.08 bits per heavy atom. The summed E-state index contributed by atoms with van der Waals surface area (Å²) >= 11 is 0. The van der Waals surface area contributed by atoms with E-state index in [1.54, 1.807) is 0 Å². The van der Waals surface area contributed by atoms with Crippen molar-refractivity contribution >= 4 is 23.3 Å². The lowest BCUT2D eigenvalue weighted by Crippen LogP contribution is -2.21. The highest BCUT2D eigenvalue weighted by atomic mass is 19.4. The molecule has 6 nitrogen and oxygen atoms in total. The normalized spacial score (nSPS) is 10.9. The van der Waals surface area contributed by atoms with Crippen LogP contribution in [0.4, 0.5) is 28.9 Å². The molecule has 0 saturated heterocycles. The van der Waals surface area contributed by atoms with Gasteiger partial charge < -0.3 is 20.5 Å². The van der Waals surface area contributed by atoms with E-state index in [0.29, 0.717) is 0 Å². The highest BCUT2D eigenvalue weighted by molar-refractivity contribution is 5.98. The number of ether oxygens (including phenoxy) is 2. The number of alkyl halides is 3. The number of anilines is 2. The number of nitrogen functional groups attached to an aromatic ring is 1. The Hall–Kier alpha value is -3.30. The molecule has 0 aliphatic heterocycles. The molecular weight excluding hydrogens is 360 g/mol. The van der Waals surface area contributed by atoms with Crippen molar-refractivity contribution in [3.63, 3.8) is 0 Å². The van der Waals surface area contributed by atoms with E-state index in [-0.39, 0.29) is 16.9 Å². The lowest BCUT2D eigenvalue weighted by atomic mass is 10.2. The molecule has 1 amide bonds. The molecule has 26 heavy (non-hydrogen) atoms. The number of hydrogen-bond acceptors (Lipinski definition) is 5. The molecule has 138 valence electrons. The summed E-state index contributed by atoms with van der Waals surface area (Å²) in [6.45, 7) is -0.670. The first-order valence-electron chi connectivity index (χ1n) is 7.02. The van der Waals surface area contributed by atoms with Crippen molar-refractivity contribution in [3.05, 3.63) is 53.8 Å². The zero-order valence-electron chi connectivity index (χ0n) is 13.0. The van der Waals surface area contributed by atoms with Gasteiger partial charge in [-0.3, -0.25) is 4.79 Å². The molecule has 0 unspecified atom stereocenters. The molecule has 0 heterocycles. The zero-order chi connectivity index (χ0) is 19.3. The molecule has 0 aliphatic rings. The average molecular weight is 372 g/mol. The van der Waals surface area contributed by atoms with E-state index in [9.17, 15) is 27.2 Å². The fourth-order valence-electron chi connectivity index (χ4n) is 1.87. The van der Waals surface area contributed by atoms with Gasteiger partial charge in [0.1, 0.15) is 11.6 Å². The molecule has 2 aromatic carbocycles. The summed E-state index contributed by atoms with van der Waals surface area (Å²) in [5, 5.41) is 2.32. The summed E-state index contributed by atoms with van der Waals surface area (Å²) in [6, 6.07) is 7.43. The van der Waals surface area contributed by atoms with Gasteiger partial charge in [0.05, 0.1) is 5.56 Å². The molecule has 0 aromatic heterocycles. The van der Waals surface area contributed by atoms with Gasteiger partial charge in [0, 0.05) is 11.4 Å². The van der Waals surface area contributed by atoms with Gasteiger partial charge in [0.2, 0.25) is 0 Å². The largest absolute Gasteiger partial charge is 0.573 e. The van der Waals surface area contributed by atoms with Crippen LogP contribution in [-0.4, -0.2) is 24.8 Å². The summed E-state index contributed by atoms with van der Waals surface area (Å²) in [5.41, 5.74) is 5.40. The number of nitrogens with two attached hydrogens (primary N) is 1. The highest BCUT2D eigenvalue weighted by Gasteiger charge is 2.30. The van der Waals surface area contributed by atoms with Crippen molar-refractivity contribution in [3.8, 4) is 5.75 Å². The van der Waals surface area contributed by atoms with Gasteiger partial charge in [-0.15, -0.1) is 13.2 Å². The van der Waals surface area contributed by atoms with Crippen LogP contribution in [0, 0.1) is 5.82 Å². The van der Waals surface area contributed by atoms with E-state index in [2.05, 4.69) is 10.1 Å². The molecule has 0 bridgehead atoms. The summed E-state index contributed by atoms with van der Waals surface area (Å²) < 4.78 is 57.5. The maximum absolute atomic E-state index is 12.9. The number of hydrogen-bond donors (Lipinski definition) is 2. The highest BCUT2D eigenvalue weighted by Crippen LogP contribution is 2.24. The number of benzene rings is 2. The number of carbonyl (C=O) groups excluding carboxylic acids is 2. The van der Waals surface area contributed by atoms with Crippen LogP contribution >= 0.6 is 0 Å². The van der Waals surface area contributed by atoms with E-state index < -0.39 is 36.4 Å². The average Bonchev–Trinajstić information content (AvgIpc) is 2.53. The number of amides is 1. The van der Waals surface area contributed by atoms with Gasteiger partial charge in [-0.1, -0.05) is 0 Å². The second-order valence-corrected chi connectivity index (χ2v) is 4.93. The topological polar surface area (TPSA) is 90.7 Å². The SMILES string of the molecule is Nc1cc(F)ccc1C(=O)OCC(=O)Nc1ccc(OC(F)(F)F)cc1. The van der Waals surface area contributed by atoms with E-state index in [4.69, 9.17) is 10.5 Å². The maximum Gasteiger partial charge on any atom is 0.573 e. The number of halogens is 4. The van der Waals surface area contributed by atoms with Crippen molar-refractivity contribution in [1.29, 1.82) is 0 Å². The minimum atomic E-state index is -4.82. The Bertz CT molecular complexity index is 807. The van der Waals surface area contributed by atoms with E-state index in [0.717, 1.165) is 30.3 Å². The van der Waals surface area contributed by atoms with Crippen LogP contribution in [0.3, 0.4) is 0 Å². The molecule has 3 N–H and O–H groups in total. The Labute approximate surface area is 144 Å². The molecular formula is C16H12F4N2O4. The Morgan fingerprint density at radius 2 is 1.73 bits per heavy atom. The predicted octanol–water partition coefficient (Wildman–Crippen LogP) is 3.10. The summed E-state index contributed by atoms with van der Waals surface area (Å²) in [6.07, 6.45) is -4.82. The summed E-state index contributed by atoms with van der Waals surface area (Å²) in [7, 11) is 0. The molecule has 0 fully saturated rings. The van der Waals surface area contributed by atoms with Crippen molar-refractivity contribution < 1.29 is 36.6 Å². The second-order valence-electron chi connectivity index (χ2n) is 4.93. The first kappa shape index (κ1) is 19.0. The van der Waals surface area contributed by atoms with Crippen LogP contribution in [0.2, 0.25) is 0 Å². The lowest BCUT2D eigenvalue weighted by Gasteiger charge is -2.10. The first-order chi connectivity index (χ1) is 12.1. The smallest absolute Gasteiger partial charge is 0.452 e. The third-order valence-electron chi connectivity index (χ3n) is 2.94. The minimum absolute atomic E-state index is 0.104. The van der Waals surface area contributed by atoms with E-state index in [1.165, 1.54) is 12.1 Å². The van der Waals surface area contributed by atoms with Crippen LogP contribution in [0.25, 0.3) is 0 Å². The van der Waals surface area contributed by atoms with Crippen LogP contribution in [-0.2, 0) is 9.53 Å². The Morgan fingerprint density at radius 3 is 2.31 bits per heavy atom. The molecule has 2 aromatic rings. The van der Waals surface area contributed by atoms with Gasteiger partial charge in [0.25, 0.3) is 5.91 Å². The lowest BCUT2D eigenvalue weighted by molar-refractivity contribution is -0.274. The van der Waals surface area contributed by atoms with Gasteiger partial charge in [-0.05, 0) is 42.5 Å². The van der Waals surface area contributed by atoms with E-state index >= 15 is 0 Å². The Balaban J connectivity index is 1.87. The van der Waals surface area contributed by atoms with E-state index in [1.807, 2.05) is 0 Å². The van der Waals surface area contributed by atoms with Crippen molar-refractivity contribution in [1.82, 2.24) is 0 Å². The monoisotopic (exact) mass is 372 g/mol. The van der Waals surface area contributed by atoms with Gasteiger partial charge in [-0.2, -0.15) is 0 Å². The van der Waals surface area contributed by atoms with Crippen molar-refractivity contribution in [2.75, 3.05) is 17.7 Å². The minimum Gasteiger partial charge on any atom is -0.452 e. The number of nitrogens with one attached hydrogen (secondary N) is 1. The van der Waals surface area contributed by atoms with Gasteiger partial charge >= 0.3 is 12.3 Å². The Kier molecular flexibility index (Phi) is 5.65. The van der Waals surface area contributed by atoms with Crippen molar-refractivity contribution in [2.24, 2.45) is 0 Å². The molecule has 0 saturated carbocycles. The maximum atomic E-state index is 12.9. The standard InChI is InChI=1S/C16H12F4N2O4/c17-9-1-6-12(13(21)7-9)15(24)25-8-14(23)22-10-2-4-11(5-3-10)26-16(18,19)20/h1-7H,8,21H2,(H,22,23). The number of carbonyl (C=O) groups is 2. The zero-order valence-corrected chi connectivity index (χ0v) is 13.0. The van der Waals surface area contributed by atoms with Crippen LogP contribution in [0.1, 0.15) is 10.4 Å². The predicted molar refractivity (Wildman–Crippen MR) is 82.8 cm³/mol. The molecule has 0 aliphatic carbocycles. The molecule has 0 radical (unpaired) electrons.